The first-order chi connectivity index (χ1) is 16.0. The lowest BCUT2D eigenvalue weighted by molar-refractivity contribution is -0.130. The number of hydrogen-bond acceptors (Lipinski definition) is 6. The summed E-state index contributed by atoms with van der Waals surface area (Å²) < 4.78 is 10.4. The first-order valence-corrected chi connectivity index (χ1v) is 11.0. The average molecular weight is 457 g/mol. The number of methoxy groups -OCH3 is 1. The van der Waals surface area contributed by atoms with Gasteiger partial charge in [-0.1, -0.05) is 62.2 Å². The van der Waals surface area contributed by atoms with Gasteiger partial charge in [0.1, 0.15) is 25.0 Å². The van der Waals surface area contributed by atoms with Gasteiger partial charge in [0.05, 0.1) is 13.2 Å². The van der Waals surface area contributed by atoms with Crippen LogP contribution < -0.4 is 15.4 Å². The molecule has 0 aliphatic heterocycles. The van der Waals surface area contributed by atoms with Crippen LogP contribution in [0.25, 0.3) is 0 Å². The number of amides is 2. The SMILES string of the molecule is CCCCC(NC(=O)OCc1ccccc1)C(=O)NC(Cc1ccc(OC)cc1)C(=O)CO. The molecule has 2 unspecified atom stereocenters. The zero-order valence-electron chi connectivity index (χ0n) is 19.1. The summed E-state index contributed by atoms with van der Waals surface area (Å²) in [4.78, 5) is 37.5. The van der Waals surface area contributed by atoms with Gasteiger partial charge in [0, 0.05) is 0 Å². The van der Waals surface area contributed by atoms with Crippen molar-refractivity contribution in [1.82, 2.24) is 10.6 Å². The van der Waals surface area contributed by atoms with E-state index in [4.69, 9.17) is 9.47 Å². The number of benzene rings is 2. The Kier molecular flexibility index (Phi) is 10.9. The molecular formula is C25H32N2O6. The molecule has 2 atom stereocenters. The number of carbonyl (C=O) groups excluding carboxylic acids is 3. The second-order valence-corrected chi connectivity index (χ2v) is 7.64. The minimum atomic E-state index is -0.929. The molecular weight excluding hydrogens is 424 g/mol. The van der Waals surface area contributed by atoms with E-state index >= 15 is 0 Å². The van der Waals surface area contributed by atoms with Crippen LogP contribution in [0.5, 0.6) is 5.75 Å². The summed E-state index contributed by atoms with van der Waals surface area (Å²) in [6.45, 7) is 1.36. The number of aliphatic hydroxyl groups is 1. The van der Waals surface area contributed by atoms with Crippen LogP contribution in [0.3, 0.4) is 0 Å². The molecule has 0 radical (unpaired) electrons. The highest BCUT2D eigenvalue weighted by Gasteiger charge is 2.26. The van der Waals surface area contributed by atoms with Crippen molar-refractivity contribution in [3.63, 3.8) is 0 Å². The van der Waals surface area contributed by atoms with Gasteiger partial charge in [-0.15, -0.1) is 0 Å². The third-order valence-electron chi connectivity index (χ3n) is 5.13. The maximum Gasteiger partial charge on any atom is 0.408 e. The lowest BCUT2D eigenvalue weighted by Crippen LogP contribution is -2.52. The molecule has 0 aromatic heterocycles. The van der Waals surface area contributed by atoms with Gasteiger partial charge in [-0.05, 0) is 36.1 Å². The first kappa shape index (κ1) is 25.9. The number of nitrogens with one attached hydrogen (secondary N) is 2. The Bertz CT molecular complexity index is 886. The molecule has 0 aliphatic carbocycles. The number of ketones is 1. The summed E-state index contributed by atoms with van der Waals surface area (Å²) >= 11 is 0. The van der Waals surface area contributed by atoms with Crippen molar-refractivity contribution in [1.29, 1.82) is 0 Å². The molecule has 2 rings (SSSR count). The van der Waals surface area contributed by atoms with E-state index in [0.29, 0.717) is 18.6 Å². The molecule has 33 heavy (non-hydrogen) atoms. The van der Waals surface area contributed by atoms with Crippen LogP contribution in [0, 0.1) is 0 Å². The van der Waals surface area contributed by atoms with Crippen molar-refractivity contribution in [2.75, 3.05) is 13.7 Å². The Labute approximate surface area is 194 Å². The van der Waals surface area contributed by atoms with E-state index in [9.17, 15) is 19.5 Å². The zero-order chi connectivity index (χ0) is 24.1. The van der Waals surface area contributed by atoms with E-state index in [1.165, 1.54) is 0 Å². The molecule has 0 aliphatic rings. The summed E-state index contributed by atoms with van der Waals surface area (Å²) in [5.41, 5.74) is 1.62. The fourth-order valence-electron chi connectivity index (χ4n) is 3.21. The van der Waals surface area contributed by atoms with E-state index in [-0.39, 0.29) is 13.0 Å². The van der Waals surface area contributed by atoms with Crippen LogP contribution in [-0.2, 0) is 27.4 Å². The molecule has 2 aromatic rings. The topological polar surface area (TPSA) is 114 Å². The highest BCUT2D eigenvalue weighted by atomic mass is 16.5. The fraction of sp³-hybridized carbons (Fsp3) is 0.400. The first-order valence-electron chi connectivity index (χ1n) is 11.0. The molecule has 0 bridgehead atoms. The van der Waals surface area contributed by atoms with Crippen molar-refractivity contribution >= 4 is 17.8 Å². The van der Waals surface area contributed by atoms with Crippen molar-refractivity contribution in [3.05, 3.63) is 65.7 Å². The molecule has 3 N–H and O–H groups in total. The molecule has 0 heterocycles. The summed E-state index contributed by atoms with van der Waals surface area (Å²) in [7, 11) is 1.56. The Morgan fingerprint density at radius 1 is 0.939 bits per heavy atom. The Morgan fingerprint density at radius 2 is 1.64 bits per heavy atom. The van der Waals surface area contributed by atoms with Crippen LogP contribution >= 0.6 is 0 Å². The average Bonchev–Trinajstić information content (AvgIpc) is 2.85. The van der Waals surface area contributed by atoms with Crippen molar-refractivity contribution in [2.45, 2.75) is 51.3 Å². The summed E-state index contributed by atoms with van der Waals surface area (Å²) in [5, 5.41) is 14.7. The standard InChI is InChI=1S/C25H32N2O6/c1-3-4-10-21(27-25(31)33-17-19-8-6-5-7-9-19)24(30)26-22(23(29)16-28)15-18-11-13-20(32-2)14-12-18/h5-9,11-14,21-22,28H,3-4,10,15-17H2,1-2H3,(H,26,30)(H,27,31). The molecule has 2 aromatic carbocycles. The third kappa shape index (κ3) is 8.94. The molecule has 2 amide bonds. The summed E-state index contributed by atoms with van der Waals surface area (Å²) in [6.07, 6.45) is 1.42. The molecule has 0 saturated heterocycles. The molecule has 0 fully saturated rings. The third-order valence-corrected chi connectivity index (χ3v) is 5.13. The number of ether oxygens (including phenoxy) is 2. The number of Topliss-reactive ketones (excluding diaryl/α,β-unsaturated/α-hetero) is 1. The lowest BCUT2D eigenvalue weighted by atomic mass is 10.0. The van der Waals surface area contributed by atoms with Crippen LogP contribution in [-0.4, -0.2) is 48.7 Å². The van der Waals surface area contributed by atoms with Gasteiger partial charge in [-0.25, -0.2) is 4.79 Å². The monoisotopic (exact) mass is 456 g/mol. The van der Waals surface area contributed by atoms with Crippen molar-refractivity contribution in [3.8, 4) is 5.75 Å². The van der Waals surface area contributed by atoms with Crippen molar-refractivity contribution in [2.24, 2.45) is 0 Å². The Hall–Kier alpha value is -3.39. The predicted octanol–water partition coefficient (Wildman–Crippen LogP) is 2.77. The van der Waals surface area contributed by atoms with Gasteiger partial charge in [0.25, 0.3) is 0 Å². The van der Waals surface area contributed by atoms with Crippen LogP contribution in [0.2, 0.25) is 0 Å². The molecule has 178 valence electrons. The fourth-order valence-corrected chi connectivity index (χ4v) is 3.21. The normalized spacial score (nSPS) is 12.3. The van der Waals surface area contributed by atoms with E-state index < -0.39 is 36.5 Å². The largest absolute Gasteiger partial charge is 0.497 e. The predicted molar refractivity (Wildman–Crippen MR) is 124 cm³/mol. The van der Waals surface area contributed by atoms with E-state index in [0.717, 1.165) is 17.5 Å². The minimum absolute atomic E-state index is 0.0812. The lowest BCUT2D eigenvalue weighted by Gasteiger charge is -2.22. The second kappa shape index (κ2) is 13.9. The van der Waals surface area contributed by atoms with Crippen LogP contribution in [0.4, 0.5) is 4.79 Å². The van der Waals surface area contributed by atoms with Crippen LogP contribution in [0.15, 0.2) is 54.6 Å². The van der Waals surface area contributed by atoms with Gasteiger partial charge in [0.2, 0.25) is 5.91 Å². The number of alkyl carbamates (subject to hydrolysis) is 1. The maximum absolute atomic E-state index is 12.9. The van der Waals surface area contributed by atoms with E-state index in [2.05, 4.69) is 10.6 Å². The van der Waals surface area contributed by atoms with Gasteiger partial charge in [0.15, 0.2) is 5.78 Å². The number of aliphatic hydroxyl groups excluding tert-OH is 1. The number of hydrogen-bond donors (Lipinski definition) is 3. The van der Waals surface area contributed by atoms with Crippen molar-refractivity contribution < 1.29 is 29.0 Å². The van der Waals surface area contributed by atoms with E-state index in [1.807, 2.05) is 37.3 Å². The minimum Gasteiger partial charge on any atom is -0.497 e. The molecule has 0 saturated carbocycles. The number of unbranched alkanes of at least 4 members (excludes halogenated alkanes) is 1. The smallest absolute Gasteiger partial charge is 0.408 e. The number of carbonyl (C=O) groups is 3. The molecule has 8 heteroatoms. The van der Waals surface area contributed by atoms with Gasteiger partial charge in [-0.2, -0.15) is 0 Å². The van der Waals surface area contributed by atoms with Gasteiger partial charge < -0.3 is 25.2 Å². The zero-order valence-corrected chi connectivity index (χ0v) is 19.1. The Morgan fingerprint density at radius 3 is 2.24 bits per heavy atom. The van der Waals surface area contributed by atoms with Crippen LogP contribution in [0.1, 0.15) is 37.3 Å². The number of rotatable bonds is 13. The molecule has 8 nitrogen and oxygen atoms in total. The summed E-state index contributed by atoms with van der Waals surface area (Å²) in [6, 6.07) is 14.5. The second-order valence-electron chi connectivity index (χ2n) is 7.64. The van der Waals surface area contributed by atoms with E-state index in [1.54, 1.807) is 31.4 Å². The molecule has 0 spiro atoms. The highest BCUT2D eigenvalue weighted by molar-refractivity contribution is 5.92. The Balaban J connectivity index is 2.02. The quantitative estimate of drug-likeness (QED) is 0.427. The van der Waals surface area contributed by atoms with Gasteiger partial charge in [-0.3, -0.25) is 9.59 Å². The maximum atomic E-state index is 12.9. The van der Waals surface area contributed by atoms with Gasteiger partial charge >= 0.3 is 6.09 Å². The highest BCUT2D eigenvalue weighted by Crippen LogP contribution is 2.13. The summed E-state index contributed by atoms with van der Waals surface area (Å²) in [5.74, 6) is -0.342.